The van der Waals surface area contributed by atoms with E-state index in [1.807, 2.05) is 0 Å². The van der Waals surface area contributed by atoms with Crippen LogP contribution in [0.15, 0.2) is 24.3 Å². The molecule has 1 aromatic rings. The molecular formula is C17H21N3O6. The molecule has 26 heavy (non-hydrogen) atoms. The standard InChI is InChI=1S/C17H21N3O6/c1-12(17(23)18-13-7-4-5-8-14(13)20(24)25)26-16(22)11-19-10-6-2-3-9-15(19)21/h4-5,7-8,12H,2-3,6,9-11H2,1H3,(H,18,23)/t12-/m1/s1. The Morgan fingerprint density at radius 1 is 1.31 bits per heavy atom. The van der Waals surface area contributed by atoms with Gasteiger partial charge in [-0.25, -0.2) is 0 Å². The van der Waals surface area contributed by atoms with E-state index in [-0.39, 0.29) is 23.8 Å². The number of nitrogens with one attached hydrogen (secondary N) is 1. The van der Waals surface area contributed by atoms with Gasteiger partial charge in [-0.05, 0) is 25.8 Å². The zero-order chi connectivity index (χ0) is 19.1. The van der Waals surface area contributed by atoms with Crippen molar-refractivity contribution < 1.29 is 24.0 Å². The van der Waals surface area contributed by atoms with Crippen molar-refractivity contribution in [2.24, 2.45) is 0 Å². The third-order valence-electron chi connectivity index (χ3n) is 4.03. The van der Waals surface area contributed by atoms with E-state index in [0.717, 1.165) is 19.3 Å². The number of benzene rings is 1. The molecular weight excluding hydrogens is 342 g/mol. The summed E-state index contributed by atoms with van der Waals surface area (Å²) < 4.78 is 5.06. The molecule has 0 aliphatic carbocycles. The maximum absolute atomic E-state index is 12.1. The van der Waals surface area contributed by atoms with Gasteiger partial charge < -0.3 is 15.0 Å². The Kier molecular flexibility index (Phi) is 6.65. The van der Waals surface area contributed by atoms with Gasteiger partial charge >= 0.3 is 5.97 Å². The largest absolute Gasteiger partial charge is 0.451 e. The lowest BCUT2D eigenvalue weighted by molar-refractivity contribution is -0.383. The summed E-state index contributed by atoms with van der Waals surface area (Å²) in [5.74, 6) is -1.48. The Morgan fingerprint density at radius 2 is 2.04 bits per heavy atom. The molecule has 0 bridgehead atoms. The SMILES string of the molecule is C[C@@H](OC(=O)CN1CCCCCC1=O)C(=O)Nc1ccccc1[N+](=O)[O-]. The number of ether oxygens (including phenoxy) is 1. The number of hydrogen-bond acceptors (Lipinski definition) is 6. The molecule has 1 aromatic carbocycles. The normalized spacial score (nSPS) is 15.7. The molecule has 0 radical (unpaired) electrons. The number of carbonyl (C=O) groups is 3. The van der Waals surface area contributed by atoms with Gasteiger partial charge in [0.15, 0.2) is 6.10 Å². The molecule has 9 heteroatoms. The summed E-state index contributed by atoms with van der Waals surface area (Å²) in [6.07, 6.45) is 1.82. The highest BCUT2D eigenvalue weighted by Gasteiger charge is 2.24. The number of para-hydroxylation sites is 2. The Hall–Kier alpha value is -2.97. The zero-order valence-electron chi connectivity index (χ0n) is 14.5. The van der Waals surface area contributed by atoms with E-state index in [2.05, 4.69) is 5.32 Å². The van der Waals surface area contributed by atoms with Crippen LogP contribution in [0.25, 0.3) is 0 Å². The second kappa shape index (κ2) is 8.93. The van der Waals surface area contributed by atoms with Crippen LogP contribution < -0.4 is 5.32 Å². The van der Waals surface area contributed by atoms with Gasteiger partial charge in [0, 0.05) is 19.0 Å². The molecule has 0 unspecified atom stereocenters. The smallest absolute Gasteiger partial charge is 0.326 e. The third kappa shape index (κ3) is 5.27. The van der Waals surface area contributed by atoms with Crippen molar-refractivity contribution in [2.75, 3.05) is 18.4 Å². The molecule has 1 heterocycles. The molecule has 1 aliphatic rings. The van der Waals surface area contributed by atoms with Gasteiger partial charge in [0.2, 0.25) is 5.91 Å². The molecule has 1 atom stereocenters. The number of likely N-dealkylation sites (tertiary alicyclic amines) is 1. The van der Waals surface area contributed by atoms with Crippen molar-refractivity contribution in [3.05, 3.63) is 34.4 Å². The van der Waals surface area contributed by atoms with Crippen LogP contribution in [-0.2, 0) is 19.1 Å². The van der Waals surface area contributed by atoms with Crippen molar-refractivity contribution in [2.45, 2.75) is 38.7 Å². The van der Waals surface area contributed by atoms with Gasteiger partial charge in [-0.2, -0.15) is 0 Å². The Balaban J connectivity index is 1.91. The van der Waals surface area contributed by atoms with E-state index < -0.39 is 22.9 Å². The molecule has 1 aliphatic heterocycles. The van der Waals surface area contributed by atoms with Crippen molar-refractivity contribution in [3.8, 4) is 0 Å². The average Bonchev–Trinajstić information content (AvgIpc) is 2.79. The lowest BCUT2D eigenvalue weighted by Gasteiger charge is -2.20. The predicted molar refractivity (Wildman–Crippen MR) is 92.3 cm³/mol. The van der Waals surface area contributed by atoms with Crippen LogP contribution in [0, 0.1) is 10.1 Å². The lowest BCUT2D eigenvalue weighted by Crippen LogP contribution is -2.38. The maximum atomic E-state index is 12.1. The zero-order valence-corrected chi connectivity index (χ0v) is 14.5. The highest BCUT2D eigenvalue weighted by Crippen LogP contribution is 2.23. The first-order valence-electron chi connectivity index (χ1n) is 8.40. The highest BCUT2D eigenvalue weighted by molar-refractivity contribution is 5.97. The molecule has 2 rings (SSSR count). The number of hydrogen-bond donors (Lipinski definition) is 1. The lowest BCUT2D eigenvalue weighted by atomic mass is 10.2. The fourth-order valence-electron chi connectivity index (χ4n) is 2.62. The second-order valence-electron chi connectivity index (χ2n) is 6.02. The van der Waals surface area contributed by atoms with E-state index in [9.17, 15) is 24.5 Å². The first-order chi connectivity index (χ1) is 12.4. The summed E-state index contributed by atoms with van der Waals surface area (Å²) in [7, 11) is 0. The molecule has 2 amide bonds. The Morgan fingerprint density at radius 3 is 2.77 bits per heavy atom. The number of rotatable bonds is 6. The number of esters is 1. The summed E-state index contributed by atoms with van der Waals surface area (Å²) in [5, 5.41) is 13.3. The van der Waals surface area contributed by atoms with E-state index in [4.69, 9.17) is 4.74 Å². The van der Waals surface area contributed by atoms with Gasteiger partial charge in [0.05, 0.1) is 4.92 Å². The van der Waals surface area contributed by atoms with Gasteiger partial charge in [0.25, 0.3) is 11.6 Å². The predicted octanol–water partition coefficient (Wildman–Crippen LogP) is 1.87. The minimum absolute atomic E-state index is 0.0214. The van der Waals surface area contributed by atoms with E-state index in [0.29, 0.717) is 13.0 Å². The van der Waals surface area contributed by atoms with E-state index in [1.165, 1.54) is 30.0 Å². The summed E-state index contributed by atoms with van der Waals surface area (Å²) in [4.78, 5) is 47.8. The number of carbonyl (C=O) groups excluding carboxylic acids is 3. The molecule has 1 fully saturated rings. The van der Waals surface area contributed by atoms with Crippen molar-refractivity contribution >= 4 is 29.2 Å². The van der Waals surface area contributed by atoms with Gasteiger partial charge in [-0.15, -0.1) is 0 Å². The van der Waals surface area contributed by atoms with Crippen LogP contribution in [0.3, 0.4) is 0 Å². The highest BCUT2D eigenvalue weighted by atomic mass is 16.6. The molecule has 0 aromatic heterocycles. The summed E-state index contributed by atoms with van der Waals surface area (Å²) in [6.45, 7) is 1.65. The van der Waals surface area contributed by atoms with Crippen LogP contribution in [0.1, 0.15) is 32.6 Å². The Bertz CT molecular complexity index is 705. The molecule has 140 valence electrons. The minimum Gasteiger partial charge on any atom is -0.451 e. The molecule has 1 saturated heterocycles. The molecule has 9 nitrogen and oxygen atoms in total. The number of nitro groups is 1. The fraction of sp³-hybridized carbons (Fsp3) is 0.471. The number of anilines is 1. The monoisotopic (exact) mass is 363 g/mol. The van der Waals surface area contributed by atoms with E-state index in [1.54, 1.807) is 6.07 Å². The second-order valence-corrected chi connectivity index (χ2v) is 6.02. The molecule has 1 N–H and O–H groups in total. The average molecular weight is 363 g/mol. The van der Waals surface area contributed by atoms with Crippen LogP contribution in [-0.4, -0.2) is 46.8 Å². The minimum atomic E-state index is -1.15. The van der Waals surface area contributed by atoms with Crippen molar-refractivity contribution in [1.82, 2.24) is 4.90 Å². The van der Waals surface area contributed by atoms with Crippen molar-refractivity contribution in [1.29, 1.82) is 0 Å². The number of amides is 2. The Labute approximate surface area is 150 Å². The van der Waals surface area contributed by atoms with Gasteiger partial charge in [0.1, 0.15) is 12.2 Å². The summed E-state index contributed by atoms with van der Waals surface area (Å²) in [6, 6.07) is 5.68. The summed E-state index contributed by atoms with van der Waals surface area (Å²) in [5.41, 5.74) is -0.234. The van der Waals surface area contributed by atoms with Crippen LogP contribution >= 0.6 is 0 Å². The first-order valence-corrected chi connectivity index (χ1v) is 8.40. The van der Waals surface area contributed by atoms with Gasteiger partial charge in [-0.3, -0.25) is 24.5 Å². The van der Waals surface area contributed by atoms with Crippen LogP contribution in [0.4, 0.5) is 11.4 Å². The van der Waals surface area contributed by atoms with E-state index >= 15 is 0 Å². The molecule has 0 saturated carbocycles. The molecule has 0 spiro atoms. The van der Waals surface area contributed by atoms with Gasteiger partial charge in [-0.1, -0.05) is 18.6 Å². The fourth-order valence-corrected chi connectivity index (χ4v) is 2.62. The third-order valence-corrected chi connectivity index (χ3v) is 4.03. The number of nitrogens with zero attached hydrogens (tertiary/aromatic N) is 2. The first kappa shape index (κ1) is 19.4. The van der Waals surface area contributed by atoms with Crippen LogP contribution in [0.2, 0.25) is 0 Å². The summed E-state index contributed by atoms with van der Waals surface area (Å²) >= 11 is 0. The quantitative estimate of drug-likeness (QED) is 0.468. The maximum Gasteiger partial charge on any atom is 0.326 e. The van der Waals surface area contributed by atoms with Crippen LogP contribution in [0.5, 0.6) is 0 Å². The number of nitro benzene ring substituents is 1. The topological polar surface area (TPSA) is 119 Å². The van der Waals surface area contributed by atoms with Crippen molar-refractivity contribution in [3.63, 3.8) is 0 Å².